The van der Waals surface area contributed by atoms with Crippen molar-refractivity contribution >= 4 is 0 Å². The highest BCUT2D eigenvalue weighted by Crippen LogP contribution is 2.42. The fourth-order valence-electron chi connectivity index (χ4n) is 1.32. The van der Waals surface area contributed by atoms with E-state index in [0.717, 1.165) is 5.56 Å². The van der Waals surface area contributed by atoms with Crippen molar-refractivity contribution in [3.05, 3.63) is 35.9 Å². The third-order valence-electron chi connectivity index (χ3n) is 2.28. The van der Waals surface area contributed by atoms with Gasteiger partial charge in [0, 0.05) is 6.42 Å². The SMILES string of the molecule is NC1(c2ccccc2)C[C@H]1O. The second-order valence-electron chi connectivity index (χ2n) is 3.13. The van der Waals surface area contributed by atoms with E-state index >= 15 is 0 Å². The van der Waals surface area contributed by atoms with Crippen LogP contribution < -0.4 is 5.73 Å². The summed E-state index contributed by atoms with van der Waals surface area (Å²) < 4.78 is 0. The zero-order chi connectivity index (χ0) is 7.90. The molecule has 0 bridgehead atoms. The summed E-state index contributed by atoms with van der Waals surface area (Å²) in [5, 5.41) is 9.21. The monoisotopic (exact) mass is 149 g/mol. The van der Waals surface area contributed by atoms with Gasteiger partial charge in [-0.3, -0.25) is 0 Å². The third-order valence-corrected chi connectivity index (χ3v) is 2.28. The Morgan fingerprint density at radius 3 is 2.36 bits per heavy atom. The van der Waals surface area contributed by atoms with Crippen LogP contribution in [-0.2, 0) is 5.54 Å². The van der Waals surface area contributed by atoms with Crippen LogP contribution >= 0.6 is 0 Å². The van der Waals surface area contributed by atoms with Gasteiger partial charge < -0.3 is 10.8 Å². The van der Waals surface area contributed by atoms with Crippen molar-refractivity contribution in [2.24, 2.45) is 5.73 Å². The van der Waals surface area contributed by atoms with Crippen LogP contribution in [0.3, 0.4) is 0 Å². The Balaban J connectivity index is 2.32. The molecule has 2 nitrogen and oxygen atoms in total. The first-order valence-corrected chi connectivity index (χ1v) is 3.76. The van der Waals surface area contributed by atoms with E-state index in [1.54, 1.807) is 0 Å². The van der Waals surface area contributed by atoms with Crippen molar-refractivity contribution in [2.75, 3.05) is 0 Å². The Labute approximate surface area is 65.7 Å². The quantitative estimate of drug-likeness (QED) is 0.614. The number of aliphatic hydroxyl groups excluding tert-OH is 1. The van der Waals surface area contributed by atoms with E-state index in [4.69, 9.17) is 5.73 Å². The minimum Gasteiger partial charge on any atom is -0.391 e. The molecule has 2 rings (SSSR count). The van der Waals surface area contributed by atoms with Gasteiger partial charge in [-0.2, -0.15) is 0 Å². The van der Waals surface area contributed by atoms with E-state index in [-0.39, 0.29) is 6.10 Å². The molecule has 0 aromatic heterocycles. The molecule has 1 aromatic rings. The van der Waals surface area contributed by atoms with Crippen molar-refractivity contribution in [1.29, 1.82) is 0 Å². The lowest BCUT2D eigenvalue weighted by Gasteiger charge is -2.08. The second kappa shape index (κ2) is 2.06. The van der Waals surface area contributed by atoms with E-state index in [1.165, 1.54) is 0 Å². The van der Waals surface area contributed by atoms with E-state index < -0.39 is 5.54 Å². The van der Waals surface area contributed by atoms with Crippen LogP contribution in [0.25, 0.3) is 0 Å². The van der Waals surface area contributed by atoms with Gasteiger partial charge in [-0.05, 0) is 5.56 Å². The average molecular weight is 149 g/mol. The van der Waals surface area contributed by atoms with Crippen LogP contribution in [-0.4, -0.2) is 11.2 Å². The molecule has 2 heteroatoms. The van der Waals surface area contributed by atoms with Gasteiger partial charge in [-0.25, -0.2) is 0 Å². The molecule has 1 unspecified atom stereocenters. The molecule has 1 aliphatic rings. The number of nitrogens with two attached hydrogens (primary N) is 1. The molecule has 3 N–H and O–H groups in total. The normalized spacial score (nSPS) is 35.3. The average Bonchev–Trinajstić information content (AvgIpc) is 2.64. The van der Waals surface area contributed by atoms with Crippen molar-refractivity contribution < 1.29 is 5.11 Å². The topological polar surface area (TPSA) is 46.2 Å². The number of benzene rings is 1. The van der Waals surface area contributed by atoms with Gasteiger partial charge in [0.2, 0.25) is 0 Å². The summed E-state index contributed by atoms with van der Waals surface area (Å²) in [6.45, 7) is 0. The van der Waals surface area contributed by atoms with Crippen LogP contribution in [0, 0.1) is 0 Å². The first kappa shape index (κ1) is 6.83. The maximum atomic E-state index is 9.21. The number of hydrogen-bond donors (Lipinski definition) is 2. The highest BCUT2D eigenvalue weighted by Gasteiger charge is 2.51. The molecule has 0 saturated heterocycles. The fourth-order valence-corrected chi connectivity index (χ4v) is 1.32. The smallest absolute Gasteiger partial charge is 0.0784 e. The van der Waals surface area contributed by atoms with E-state index in [1.807, 2.05) is 30.3 Å². The minimum atomic E-state index is -0.443. The molecular weight excluding hydrogens is 138 g/mol. The summed E-state index contributed by atoms with van der Waals surface area (Å²) in [6, 6.07) is 9.73. The van der Waals surface area contributed by atoms with Crippen LogP contribution in [0.1, 0.15) is 12.0 Å². The first-order chi connectivity index (χ1) is 5.23. The maximum absolute atomic E-state index is 9.21. The predicted octanol–water partition coefficient (Wildman–Crippen LogP) is 0.605. The summed E-state index contributed by atoms with van der Waals surface area (Å²) in [5.41, 5.74) is 6.45. The summed E-state index contributed by atoms with van der Waals surface area (Å²) in [5.74, 6) is 0. The molecule has 0 aliphatic heterocycles. The second-order valence-corrected chi connectivity index (χ2v) is 3.13. The molecule has 2 atom stereocenters. The number of rotatable bonds is 1. The molecule has 1 saturated carbocycles. The molecule has 1 fully saturated rings. The summed E-state index contributed by atoms with van der Waals surface area (Å²) in [4.78, 5) is 0. The van der Waals surface area contributed by atoms with Crippen LogP contribution in [0.5, 0.6) is 0 Å². The highest BCUT2D eigenvalue weighted by atomic mass is 16.3. The lowest BCUT2D eigenvalue weighted by atomic mass is 10.1. The van der Waals surface area contributed by atoms with E-state index in [9.17, 15) is 5.11 Å². The van der Waals surface area contributed by atoms with Gasteiger partial charge in [0.25, 0.3) is 0 Å². The van der Waals surface area contributed by atoms with Crippen molar-refractivity contribution in [2.45, 2.75) is 18.1 Å². The van der Waals surface area contributed by atoms with Gasteiger partial charge in [0.1, 0.15) is 0 Å². The fraction of sp³-hybridized carbons (Fsp3) is 0.333. The van der Waals surface area contributed by atoms with Crippen molar-refractivity contribution in [1.82, 2.24) is 0 Å². The standard InChI is InChI=1S/C9H11NO/c10-9(6-8(9)11)7-4-2-1-3-5-7/h1-5,8,11H,6,10H2/t8-,9?/m1/s1. The lowest BCUT2D eigenvalue weighted by molar-refractivity contribution is 0.249. The van der Waals surface area contributed by atoms with Crippen LogP contribution in [0.2, 0.25) is 0 Å². The van der Waals surface area contributed by atoms with Crippen molar-refractivity contribution in [3.63, 3.8) is 0 Å². The Bertz CT molecular complexity index is 260. The van der Waals surface area contributed by atoms with Crippen LogP contribution in [0.4, 0.5) is 0 Å². The highest BCUT2D eigenvalue weighted by molar-refractivity contribution is 5.32. The molecule has 1 aromatic carbocycles. The van der Waals surface area contributed by atoms with Gasteiger partial charge >= 0.3 is 0 Å². The third kappa shape index (κ3) is 0.951. The van der Waals surface area contributed by atoms with Crippen molar-refractivity contribution in [3.8, 4) is 0 Å². The van der Waals surface area contributed by atoms with Gasteiger partial charge in [0.15, 0.2) is 0 Å². The molecule has 58 valence electrons. The molecule has 0 spiro atoms. The van der Waals surface area contributed by atoms with E-state index in [0.29, 0.717) is 6.42 Å². The molecule has 0 amide bonds. The summed E-state index contributed by atoms with van der Waals surface area (Å²) in [7, 11) is 0. The van der Waals surface area contributed by atoms with Gasteiger partial charge in [-0.15, -0.1) is 0 Å². The molecule has 0 heterocycles. The Morgan fingerprint density at radius 1 is 1.36 bits per heavy atom. The molecule has 0 radical (unpaired) electrons. The number of hydrogen-bond acceptors (Lipinski definition) is 2. The first-order valence-electron chi connectivity index (χ1n) is 3.76. The summed E-state index contributed by atoms with van der Waals surface area (Å²) in [6.07, 6.45) is 0.349. The molecule has 11 heavy (non-hydrogen) atoms. The largest absolute Gasteiger partial charge is 0.391 e. The molecular formula is C9H11NO. The maximum Gasteiger partial charge on any atom is 0.0784 e. The van der Waals surface area contributed by atoms with Gasteiger partial charge in [0.05, 0.1) is 11.6 Å². The minimum absolute atomic E-state index is 0.343. The summed E-state index contributed by atoms with van der Waals surface area (Å²) >= 11 is 0. The van der Waals surface area contributed by atoms with Gasteiger partial charge in [-0.1, -0.05) is 30.3 Å². The zero-order valence-electron chi connectivity index (χ0n) is 6.20. The Morgan fingerprint density at radius 2 is 1.91 bits per heavy atom. The van der Waals surface area contributed by atoms with Crippen LogP contribution in [0.15, 0.2) is 30.3 Å². The lowest BCUT2D eigenvalue weighted by Crippen LogP contribution is -2.23. The molecule has 1 aliphatic carbocycles. The number of aliphatic hydroxyl groups is 1. The Hall–Kier alpha value is -0.860. The zero-order valence-corrected chi connectivity index (χ0v) is 6.20. The van der Waals surface area contributed by atoms with E-state index in [2.05, 4.69) is 0 Å². The Kier molecular flexibility index (Phi) is 1.28. The predicted molar refractivity (Wildman–Crippen MR) is 42.9 cm³/mol.